The zero-order chi connectivity index (χ0) is 21.5. The maximum absolute atomic E-state index is 10.4. The van der Waals surface area contributed by atoms with Crippen molar-refractivity contribution in [3.63, 3.8) is 0 Å². The van der Waals surface area contributed by atoms with Gasteiger partial charge < -0.3 is 5.11 Å². The van der Waals surface area contributed by atoms with Crippen molar-refractivity contribution in [2.24, 2.45) is 0 Å². The van der Waals surface area contributed by atoms with Gasteiger partial charge >= 0.3 is 0 Å². The fourth-order valence-electron chi connectivity index (χ4n) is 3.92. The second kappa shape index (κ2) is 15.2. The minimum atomic E-state index is -0.00134. The molecule has 0 fully saturated rings. The molecule has 0 aromatic heterocycles. The summed E-state index contributed by atoms with van der Waals surface area (Å²) in [7, 11) is 0. The molecule has 0 saturated heterocycles. The molecule has 168 valence electrons. The van der Waals surface area contributed by atoms with E-state index in [0.717, 1.165) is 12.0 Å². The van der Waals surface area contributed by atoms with Gasteiger partial charge in [0.1, 0.15) is 5.75 Å². The molecule has 1 rings (SSSR count). The molecule has 0 unspecified atom stereocenters. The van der Waals surface area contributed by atoms with Gasteiger partial charge in [-0.3, -0.25) is 0 Å². The molecule has 29 heavy (non-hydrogen) atoms. The molecular formula is C27H48OS. The Labute approximate surface area is 186 Å². The smallest absolute Gasteiger partial charge is 0.119 e. The van der Waals surface area contributed by atoms with Crippen molar-refractivity contribution in [1.29, 1.82) is 0 Å². The van der Waals surface area contributed by atoms with E-state index in [1.807, 2.05) is 6.07 Å². The van der Waals surface area contributed by atoms with E-state index in [0.29, 0.717) is 5.75 Å². The monoisotopic (exact) mass is 420 g/mol. The van der Waals surface area contributed by atoms with Gasteiger partial charge in [-0.25, -0.2) is 0 Å². The summed E-state index contributed by atoms with van der Waals surface area (Å²) in [6, 6.07) is 4.19. The van der Waals surface area contributed by atoms with Gasteiger partial charge in [-0.2, -0.15) is 11.8 Å². The molecule has 0 bridgehead atoms. The van der Waals surface area contributed by atoms with Crippen LogP contribution in [0.4, 0.5) is 0 Å². The first-order valence-corrected chi connectivity index (χ1v) is 13.4. The largest absolute Gasteiger partial charge is 0.508 e. The van der Waals surface area contributed by atoms with Crippen molar-refractivity contribution >= 4 is 11.8 Å². The zero-order valence-corrected chi connectivity index (χ0v) is 20.9. The van der Waals surface area contributed by atoms with Gasteiger partial charge in [-0.05, 0) is 72.3 Å². The van der Waals surface area contributed by atoms with Crippen LogP contribution in [-0.2, 0) is 11.8 Å². The lowest BCUT2D eigenvalue weighted by Gasteiger charge is -2.22. The van der Waals surface area contributed by atoms with E-state index in [2.05, 4.69) is 52.4 Å². The maximum atomic E-state index is 10.4. The fourth-order valence-corrected chi connectivity index (χ4v) is 4.94. The summed E-state index contributed by atoms with van der Waals surface area (Å²) in [5.41, 5.74) is 3.70. The number of thioether (sulfide) groups is 1. The highest BCUT2D eigenvalue weighted by molar-refractivity contribution is 7.99. The Bertz CT molecular complexity index is 544. The van der Waals surface area contributed by atoms with Crippen LogP contribution in [0.2, 0.25) is 0 Å². The molecule has 0 spiro atoms. The predicted octanol–water partition coefficient (Wildman–Crippen LogP) is 8.97. The van der Waals surface area contributed by atoms with Crippen LogP contribution in [0.1, 0.15) is 121 Å². The molecule has 2 heteroatoms. The second-order valence-corrected chi connectivity index (χ2v) is 11.0. The van der Waals surface area contributed by atoms with Gasteiger partial charge in [0, 0.05) is 0 Å². The summed E-state index contributed by atoms with van der Waals surface area (Å²) in [5, 5.41) is 10.4. The van der Waals surface area contributed by atoms with E-state index in [9.17, 15) is 5.11 Å². The van der Waals surface area contributed by atoms with Crippen molar-refractivity contribution < 1.29 is 5.11 Å². The van der Waals surface area contributed by atoms with Crippen molar-refractivity contribution in [1.82, 2.24) is 0 Å². The van der Waals surface area contributed by atoms with Gasteiger partial charge in [-0.1, -0.05) is 91.5 Å². The van der Waals surface area contributed by atoms with E-state index in [4.69, 9.17) is 0 Å². The van der Waals surface area contributed by atoms with Crippen LogP contribution < -0.4 is 0 Å². The van der Waals surface area contributed by atoms with E-state index in [-0.39, 0.29) is 5.41 Å². The number of aromatic hydroxyl groups is 1. The van der Waals surface area contributed by atoms with Crippen molar-refractivity contribution in [2.45, 2.75) is 124 Å². The van der Waals surface area contributed by atoms with Crippen molar-refractivity contribution in [3.8, 4) is 5.75 Å². The summed E-state index contributed by atoms with van der Waals surface area (Å²) in [6.07, 6.45) is 17.8. The fraction of sp³-hybridized carbons (Fsp3) is 0.778. The topological polar surface area (TPSA) is 20.2 Å². The summed E-state index contributed by atoms with van der Waals surface area (Å²) >= 11 is 2.13. The molecule has 0 aliphatic carbocycles. The third-order valence-electron chi connectivity index (χ3n) is 5.89. The van der Waals surface area contributed by atoms with Crippen LogP contribution in [0, 0.1) is 6.92 Å². The number of rotatable bonds is 16. The summed E-state index contributed by atoms with van der Waals surface area (Å²) in [5.74, 6) is 3.08. The molecule has 0 radical (unpaired) electrons. The third-order valence-corrected chi connectivity index (χ3v) is 7.04. The van der Waals surface area contributed by atoms with Gasteiger partial charge in [0.05, 0.1) is 0 Å². The second-order valence-electron chi connectivity index (χ2n) is 9.80. The highest BCUT2D eigenvalue weighted by Crippen LogP contribution is 2.33. The lowest BCUT2D eigenvalue weighted by molar-refractivity contribution is 0.445. The molecule has 0 aliphatic rings. The van der Waals surface area contributed by atoms with Crippen molar-refractivity contribution in [2.75, 3.05) is 11.5 Å². The number of aryl methyl sites for hydroxylation is 2. The molecule has 1 N–H and O–H groups in total. The molecular weight excluding hydrogens is 372 g/mol. The van der Waals surface area contributed by atoms with Crippen LogP contribution >= 0.6 is 11.8 Å². The maximum Gasteiger partial charge on any atom is 0.119 e. The van der Waals surface area contributed by atoms with Crippen molar-refractivity contribution in [3.05, 3.63) is 28.8 Å². The van der Waals surface area contributed by atoms with Gasteiger partial charge in [0.2, 0.25) is 0 Å². The van der Waals surface area contributed by atoms with Gasteiger partial charge in [-0.15, -0.1) is 0 Å². The standard InChI is InChI=1S/C27H48OS/c1-6-7-8-9-10-11-12-13-14-16-19-29-20-17-15-18-24-22-26(28)25(21-23(24)2)27(3,4)5/h21-22,28H,6-20H2,1-5H3. The van der Waals surface area contributed by atoms with E-state index in [1.165, 1.54) is 99.7 Å². The molecule has 1 aromatic rings. The van der Waals surface area contributed by atoms with Crippen LogP contribution in [0.5, 0.6) is 5.75 Å². The average Bonchev–Trinajstić information content (AvgIpc) is 2.66. The SMILES string of the molecule is CCCCCCCCCCCCSCCCCc1cc(O)c(C(C)(C)C)cc1C. The normalized spacial score (nSPS) is 11.9. The zero-order valence-electron chi connectivity index (χ0n) is 20.1. The lowest BCUT2D eigenvalue weighted by Crippen LogP contribution is -2.12. The molecule has 0 atom stereocenters. The van der Waals surface area contributed by atoms with Gasteiger partial charge in [0.25, 0.3) is 0 Å². The van der Waals surface area contributed by atoms with Crippen LogP contribution in [0.3, 0.4) is 0 Å². The summed E-state index contributed by atoms with van der Waals surface area (Å²) < 4.78 is 0. The van der Waals surface area contributed by atoms with Crippen LogP contribution in [-0.4, -0.2) is 16.6 Å². The van der Waals surface area contributed by atoms with E-state index in [1.54, 1.807) is 0 Å². The Morgan fingerprint density at radius 1 is 0.759 bits per heavy atom. The first-order valence-electron chi connectivity index (χ1n) is 12.3. The van der Waals surface area contributed by atoms with Crippen LogP contribution in [0.25, 0.3) is 0 Å². The minimum Gasteiger partial charge on any atom is -0.508 e. The molecule has 0 aliphatic heterocycles. The Kier molecular flexibility index (Phi) is 13.9. The Morgan fingerprint density at radius 3 is 1.83 bits per heavy atom. The first kappa shape index (κ1) is 26.4. The molecule has 0 amide bonds. The molecule has 1 aromatic carbocycles. The molecule has 1 nitrogen and oxygen atoms in total. The van der Waals surface area contributed by atoms with E-state index < -0.39 is 0 Å². The number of hydrogen-bond donors (Lipinski definition) is 1. The van der Waals surface area contributed by atoms with Crippen LogP contribution in [0.15, 0.2) is 12.1 Å². The average molecular weight is 421 g/mol. The Balaban J connectivity index is 2.02. The number of unbranched alkanes of at least 4 members (excludes halogenated alkanes) is 10. The van der Waals surface area contributed by atoms with Gasteiger partial charge in [0.15, 0.2) is 0 Å². The predicted molar refractivity (Wildman–Crippen MR) is 134 cm³/mol. The highest BCUT2D eigenvalue weighted by Gasteiger charge is 2.19. The quantitative estimate of drug-likeness (QED) is 0.269. The Morgan fingerprint density at radius 2 is 1.28 bits per heavy atom. The summed E-state index contributed by atoms with van der Waals surface area (Å²) in [4.78, 5) is 0. The minimum absolute atomic E-state index is 0.00134. The highest BCUT2D eigenvalue weighted by atomic mass is 32.2. The number of hydrogen-bond acceptors (Lipinski definition) is 2. The number of phenols is 1. The number of phenolic OH excluding ortho intramolecular Hbond substituents is 1. The summed E-state index contributed by atoms with van der Waals surface area (Å²) in [6.45, 7) is 11.0. The van der Waals surface area contributed by atoms with E-state index >= 15 is 0 Å². The molecule has 0 saturated carbocycles. The lowest BCUT2D eigenvalue weighted by atomic mass is 9.84. The Hall–Kier alpha value is -0.630. The number of benzene rings is 1. The third kappa shape index (κ3) is 12.0. The molecule has 0 heterocycles. The first-order chi connectivity index (χ1) is 13.9.